The third-order valence-electron chi connectivity index (χ3n) is 4.54. The number of halogens is 1. The lowest BCUT2D eigenvalue weighted by atomic mass is 9.86. The summed E-state index contributed by atoms with van der Waals surface area (Å²) < 4.78 is 4.75. The molecule has 0 bridgehead atoms. The molecule has 0 spiro atoms. The first-order valence-electron chi connectivity index (χ1n) is 9.15. The van der Waals surface area contributed by atoms with Gasteiger partial charge < -0.3 is 15.4 Å². The van der Waals surface area contributed by atoms with Crippen LogP contribution in [0, 0.1) is 5.92 Å². The number of imide groups is 1. The van der Waals surface area contributed by atoms with E-state index in [2.05, 4.69) is 22.9 Å². The van der Waals surface area contributed by atoms with E-state index in [0.29, 0.717) is 16.5 Å². The maximum Gasteiger partial charge on any atom is 0.325 e. The van der Waals surface area contributed by atoms with Gasteiger partial charge in [-0.05, 0) is 43.0 Å². The summed E-state index contributed by atoms with van der Waals surface area (Å²) in [6.07, 6.45) is 4.11. The fourth-order valence-corrected chi connectivity index (χ4v) is 3.08. The summed E-state index contributed by atoms with van der Waals surface area (Å²) in [5.41, 5.74) is 0.337. The lowest BCUT2D eigenvalue weighted by Gasteiger charge is -2.29. The van der Waals surface area contributed by atoms with Crippen molar-refractivity contribution in [1.82, 2.24) is 16.0 Å². The van der Waals surface area contributed by atoms with Crippen LogP contribution in [0.5, 0.6) is 0 Å². The van der Waals surface area contributed by atoms with E-state index in [1.807, 2.05) is 0 Å². The SMILES string of the molecule is C[C@H]1CCCC[C@H]1NC(=O)NC(=O)COC(=O)CNC(=O)c1ccc(Cl)cc1. The maximum absolute atomic E-state index is 11.9. The van der Waals surface area contributed by atoms with E-state index in [-0.39, 0.29) is 6.04 Å². The number of amides is 4. The van der Waals surface area contributed by atoms with Gasteiger partial charge in [0.2, 0.25) is 0 Å². The Morgan fingerprint density at radius 2 is 1.79 bits per heavy atom. The molecule has 2 rings (SSSR count). The number of esters is 1. The molecule has 28 heavy (non-hydrogen) atoms. The summed E-state index contributed by atoms with van der Waals surface area (Å²) >= 11 is 5.74. The van der Waals surface area contributed by atoms with Crippen LogP contribution in [0.2, 0.25) is 5.02 Å². The van der Waals surface area contributed by atoms with Crippen molar-refractivity contribution in [3.8, 4) is 0 Å². The number of hydrogen-bond donors (Lipinski definition) is 3. The molecule has 4 amide bonds. The molecular formula is C19H24ClN3O5. The second kappa shape index (κ2) is 10.7. The lowest BCUT2D eigenvalue weighted by molar-refractivity contribution is -0.147. The van der Waals surface area contributed by atoms with Gasteiger partial charge in [-0.25, -0.2) is 4.79 Å². The maximum atomic E-state index is 11.9. The number of benzene rings is 1. The number of hydrogen-bond acceptors (Lipinski definition) is 5. The van der Waals surface area contributed by atoms with Crippen LogP contribution in [0.25, 0.3) is 0 Å². The molecule has 0 aromatic heterocycles. The average Bonchev–Trinajstić information content (AvgIpc) is 2.66. The van der Waals surface area contributed by atoms with Gasteiger partial charge in [0.05, 0.1) is 0 Å². The van der Waals surface area contributed by atoms with Gasteiger partial charge in [-0.15, -0.1) is 0 Å². The summed E-state index contributed by atoms with van der Waals surface area (Å²) in [7, 11) is 0. The van der Waals surface area contributed by atoms with Crippen LogP contribution in [0.1, 0.15) is 43.0 Å². The van der Waals surface area contributed by atoms with Crippen LogP contribution < -0.4 is 16.0 Å². The Balaban J connectivity index is 1.64. The van der Waals surface area contributed by atoms with Crippen LogP contribution >= 0.6 is 11.6 Å². The molecule has 0 aliphatic heterocycles. The normalized spacial score (nSPS) is 18.6. The molecule has 0 saturated heterocycles. The van der Waals surface area contributed by atoms with Gasteiger partial charge >= 0.3 is 12.0 Å². The first-order valence-corrected chi connectivity index (χ1v) is 9.52. The molecule has 1 aliphatic rings. The predicted octanol–water partition coefficient (Wildman–Crippen LogP) is 2.02. The number of rotatable bonds is 6. The summed E-state index contributed by atoms with van der Waals surface area (Å²) in [6.45, 7) is 1.05. The minimum Gasteiger partial charge on any atom is -0.454 e. The molecule has 1 saturated carbocycles. The second-order valence-corrected chi connectivity index (χ2v) is 7.18. The monoisotopic (exact) mass is 409 g/mol. The molecule has 152 valence electrons. The zero-order chi connectivity index (χ0) is 20.5. The Hall–Kier alpha value is -2.61. The molecule has 2 atom stereocenters. The fraction of sp³-hybridized carbons (Fsp3) is 0.474. The van der Waals surface area contributed by atoms with Gasteiger partial charge in [0, 0.05) is 16.6 Å². The van der Waals surface area contributed by atoms with Crippen molar-refractivity contribution < 1.29 is 23.9 Å². The molecule has 1 aromatic rings. The summed E-state index contributed by atoms with van der Waals surface area (Å²) in [4.78, 5) is 47.1. The van der Waals surface area contributed by atoms with Crippen LogP contribution in [-0.2, 0) is 14.3 Å². The average molecular weight is 410 g/mol. The molecule has 0 heterocycles. The summed E-state index contributed by atoms with van der Waals surface area (Å²) in [5, 5.41) is 7.77. The van der Waals surface area contributed by atoms with Crippen molar-refractivity contribution in [2.24, 2.45) is 5.92 Å². The number of ether oxygens (including phenoxy) is 1. The highest BCUT2D eigenvalue weighted by Gasteiger charge is 2.23. The highest BCUT2D eigenvalue weighted by Crippen LogP contribution is 2.23. The standard InChI is InChI=1S/C19H24ClN3O5/c1-12-4-2-3-5-15(12)22-19(27)23-16(24)11-28-17(25)10-21-18(26)13-6-8-14(20)9-7-13/h6-9,12,15H,2-5,10-11H2,1H3,(H,21,26)(H2,22,23,24,27)/t12-,15+/m0/s1. The van der Waals surface area contributed by atoms with E-state index in [4.69, 9.17) is 16.3 Å². The quantitative estimate of drug-likeness (QED) is 0.622. The van der Waals surface area contributed by atoms with Gasteiger partial charge in [0.15, 0.2) is 6.61 Å². The van der Waals surface area contributed by atoms with Crippen LogP contribution in [0.4, 0.5) is 4.79 Å². The summed E-state index contributed by atoms with van der Waals surface area (Å²) in [6, 6.07) is 5.57. The highest BCUT2D eigenvalue weighted by atomic mass is 35.5. The van der Waals surface area contributed by atoms with E-state index in [0.717, 1.165) is 25.7 Å². The molecule has 9 heteroatoms. The largest absolute Gasteiger partial charge is 0.454 e. The Morgan fingerprint density at radius 1 is 1.11 bits per heavy atom. The molecule has 0 radical (unpaired) electrons. The molecule has 3 N–H and O–H groups in total. The van der Waals surface area contributed by atoms with Gasteiger partial charge in [-0.3, -0.25) is 19.7 Å². The zero-order valence-electron chi connectivity index (χ0n) is 15.6. The van der Waals surface area contributed by atoms with E-state index in [9.17, 15) is 19.2 Å². The molecule has 0 unspecified atom stereocenters. The minimum absolute atomic E-state index is 0.0344. The Labute approximate surface area is 168 Å². The molecular weight excluding hydrogens is 386 g/mol. The number of carbonyl (C=O) groups excluding carboxylic acids is 4. The third kappa shape index (κ3) is 7.19. The van der Waals surface area contributed by atoms with Crippen molar-refractivity contribution in [2.75, 3.05) is 13.2 Å². The van der Waals surface area contributed by atoms with Crippen LogP contribution in [0.15, 0.2) is 24.3 Å². The Morgan fingerprint density at radius 3 is 2.46 bits per heavy atom. The fourth-order valence-electron chi connectivity index (χ4n) is 2.95. The second-order valence-electron chi connectivity index (χ2n) is 6.74. The zero-order valence-corrected chi connectivity index (χ0v) is 16.4. The van der Waals surface area contributed by atoms with Crippen molar-refractivity contribution in [3.05, 3.63) is 34.9 Å². The van der Waals surface area contributed by atoms with E-state index in [1.54, 1.807) is 12.1 Å². The minimum atomic E-state index is -0.793. The van der Waals surface area contributed by atoms with E-state index in [1.165, 1.54) is 12.1 Å². The van der Waals surface area contributed by atoms with E-state index >= 15 is 0 Å². The number of nitrogens with one attached hydrogen (secondary N) is 3. The summed E-state index contributed by atoms with van der Waals surface area (Å²) in [5.74, 6) is -1.65. The molecule has 8 nitrogen and oxygen atoms in total. The topological polar surface area (TPSA) is 114 Å². The van der Waals surface area contributed by atoms with Gasteiger partial charge in [0.25, 0.3) is 11.8 Å². The van der Waals surface area contributed by atoms with Crippen LogP contribution in [-0.4, -0.2) is 43.0 Å². The molecule has 1 aromatic carbocycles. The van der Waals surface area contributed by atoms with Gasteiger partial charge in [-0.2, -0.15) is 0 Å². The first kappa shape index (κ1) is 21.7. The predicted molar refractivity (Wildman–Crippen MR) is 103 cm³/mol. The smallest absolute Gasteiger partial charge is 0.325 e. The first-order chi connectivity index (χ1) is 13.3. The highest BCUT2D eigenvalue weighted by molar-refractivity contribution is 6.30. The lowest BCUT2D eigenvalue weighted by Crippen LogP contribution is -2.48. The Bertz CT molecular complexity index is 723. The van der Waals surface area contributed by atoms with Crippen molar-refractivity contribution in [1.29, 1.82) is 0 Å². The van der Waals surface area contributed by atoms with Gasteiger partial charge in [0.1, 0.15) is 6.54 Å². The van der Waals surface area contributed by atoms with Gasteiger partial charge in [-0.1, -0.05) is 31.4 Å². The van der Waals surface area contributed by atoms with Crippen molar-refractivity contribution >= 4 is 35.4 Å². The number of carbonyl (C=O) groups is 4. The number of urea groups is 1. The van der Waals surface area contributed by atoms with E-state index < -0.39 is 37.0 Å². The molecule has 1 aliphatic carbocycles. The molecule has 1 fully saturated rings. The van der Waals surface area contributed by atoms with Crippen molar-refractivity contribution in [3.63, 3.8) is 0 Å². The van der Waals surface area contributed by atoms with Crippen molar-refractivity contribution in [2.45, 2.75) is 38.6 Å². The van der Waals surface area contributed by atoms with Crippen LogP contribution in [0.3, 0.4) is 0 Å². The Kier molecular flexibility index (Phi) is 8.25. The third-order valence-corrected chi connectivity index (χ3v) is 4.80.